The molecule has 1 atom stereocenters. The van der Waals surface area contributed by atoms with Gasteiger partial charge in [-0.2, -0.15) is 4.31 Å². The van der Waals surface area contributed by atoms with Gasteiger partial charge < -0.3 is 9.64 Å². The molecule has 0 aliphatic carbocycles. The van der Waals surface area contributed by atoms with Crippen molar-refractivity contribution in [1.82, 2.24) is 14.3 Å². The van der Waals surface area contributed by atoms with Crippen molar-refractivity contribution in [3.8, 4) is 0 Å². The highest BCUT2D eigenvalue weighted by atomic mass is 32.2. The second-order valence-electron chi connectivity index (χ2n) is 7.51. The van der Waals surface area contributed by atoms with Gasteiger partial charge in [-0.25, -0.2) is 18.4 Å². The van der Waals surface area contributed by atoms with Crippen LogP contribution in [0.25, 0.3) is 0 Å². The molecule has 3 heterocycles. The van der Waals surface area contributed by atoms with Crippen LogP contribution in [0.5, 0.6) is 0 Å². The number of ether oxygens (including phenoxy) is 1. The quantitative estimate of drug-likeness (QED) is 0.797. The molecule has 1 aromatic heterocycles. The Labute approximate surface area is 160 Å². The van der Waals surface area contributed by atoms with E-state index in [0.29, 0.717) is 43.6 Å². The van der Waals surface area contributed by atoms with Crippen LogP contribution in [0.2, 0.25) is 0 Å². The first-order chi connectivity index (χ1) is 12.8. The van der Waals surface area contributed by atoms with Gasteiger partial charge in [0.15, 0.2) is 0 Å². The van der Waals surface area contributed by atoms with Gasteiger partial charge in [0.2, 0.25) is 16.0 Å². The average molecular weight is 388 g/mol. The Morgan fingerprint density at radius 3 is 2.63 bits per heavy atom. The largest absolute Gasteiger partial charge is 0.376 e. The highest BCUT2D eigenvalue weighted by Gasteiger charge is 2.48. The van der Waals surface area contributed by atoms with Crippen LogP contribution in [-0.4, -0.2) is 56.5 Å². The molecule has 1 saturated heterocycles. The first-order valence-electron chi connectivity index (χ1n) is 9.02. The van der Waals surface area contributed by atoms with Gasteiger partial charge in [0.25, 0.3) is 0 Å². The molecule has 2 aromatic rings. The molecule has 2 aliphatic rings. The second kappa shape index (κ2) is 6.54. The standard InChI is InChI=1S/C19H24N4O3S/c1-14-16-11-26-13-19(17(16)21-18(20-14)22(2)3)9-10-23(12-19)27(24,25)15-7-5-4-6-8-15/h4-8H,9-13H2,1-3H3. The molecule has 144 valence electrons. The molecule has 4 rings (SSSR count). The molecule has 8 heteroatoms. The molecule has 7 nitrogen and oxygen atoms in total. The lowest BCUT2D eigenvalue weighted by atomic mass is 9.80. The molecule has 27 heavy (non-hydrogen) atoms. The van der Waals surface area contributed by atoms with E-state index in [-0.39, 0.29) is 0 Å². The smallest absolute Gasteiger partial charge is 0.243 e. The fourth-order valence-electron chi connectivity index (χ4n) is 3.90. The minimum absolute atomic E-state index is 0.326. The Morgan fingerprint density at radius 1 is 1.19 bits per heavy atom. The van der Waals surface area contributed by atoms with E-state index >= 15 is 0 Å². The van der Waals surface area contributed by atoms with E-state index in [1.807, 2.05) is 32.0 Å². The van der Waals surface area contributed by atoms with Crippen LogP contribution in [0.1, 0.15) is 23.4 Å². The maximum absolute atomic E-state index is 13.1. The normalized spacial score (nSPS) is 22.8. The first-order valence-corrected chi connectivity index (χ1v) is 10.5. The average Bonchev–Trinajstić information content (AvgIpc) is 3.09. The topological polar surface area (TPSA) is 75.6 Å². The maximum atomic E-state index is 13.1. The number of benzene rings is 1. The van der Waals surface area contributed by atoms with Gasteiger partial charge in [-0.15, -0.1) is 0 Å². The zero-order valence-corrected chi connectivity index (χ0v) is 16.7. The van der Waals surface area contributed by atoms with Crippen LogP contribution in [0.4, 0.5) is 5.95 Å². The van der Waals surface area contributed by atoms with Crippen LogP contribution in [0.3, 0.4) is 0 Å². The van der Waals surface area contributed by atoms with Gasteiger partial charge >= 0.3 is 0 Å². The van der Waals surface area contributed by atoms with Crippen molar-refractivity contribution in [3.63, 3.8) is 0 Å². The Morgan fingerprint density at radius 2 is 1.93 bits per heavy atom. The molecule has 1 spiro atoms. The summed E-state index contributed by atoms with van der Waals surface area (Å²) < 4.78 is 33.5. The predicted molar refractivity (Wildman–Crippen MR) is 102 cm³/mol. The Kier molecular flexibility index (Phi) is 4.44. The van der Waals surface area contributed by atoms with Gasteiger partial charge in [-0.3, -0.25) is 0 Å². The summed E-state index contributed by atoms with van der Waals surface area (Å²) in [6, 6.07) is 8.60. The monoisotopic (exact) mass is 388 g/mol. The van der Waals surface area contributed by atoms with Gasteiger partial charge in [-0.1, -0.05) is 18.2 Å². The lowest BCUT2D eigenvalue weighted by Gasteiger charge is -2.35. The molecular weight excluding hydrogens is 364 g/mol. The van der Waals surface area contributed by atoms with Gasteiger partial charge in [-0.05, 0) is 25.5 Å². The molecule has 0 bridgehead atoms. The predicted octanol–water partition coefficient (Wildman–Crippen LogP) is 1.71. The molecule has 1 unspecified atom stereocenters. The number of rotatable bonds is 3. The van der Waals surface area contributed by atoms with Crippen LogP contribution < -0.4 is 4.90 Å². The second-order valence-corrected chi connectivity index (χ2v) is 9.44. The third-order valence-corrected chi connectivity index (χ3v) is 7.29. The molecule has 0 amide bonds. The van der Waals surface area contributed by atoms with Crippen molar-refractivity contribution in [1.29, 1.82) is 0 Å². The number of aromatic nitrogens is 2. The zero-order valence-electron chi connectivity index (χ0n) is 15.8. The summed E-state index contributed by atoms with van der Waals surface area (Å²) in [5.74, 6) is 0.650. The summed E-state index contributed by atoms with van der Waals surface area (Å²) >= 11 is 0. The van der Waals surface area contributed by atoms with Crippen LogP contribution in [0, 0.1) is 6.92 Å². The lowest BCUT2D eigenvalue weighted by Crippen LogP contribution is -2.42. The third-order valence-electron chi connectivity index (χ3n) is 5.43. The highest BCUT2D eigenvalue weighted by Crippen LogP contribution is 2.41. The molecule has 2 aliphatic heterocycles. The molecule has 1 fully saturated rings. The molecule has 1 aromatic carbocycles. The summed E-state index contributed by atoms with van der Waals surface area (Å²) in [5, 5.41) is 0. The van der Waals surface area contributed by atoms with E-state index in [2.05, 4.69) is 4.98 Å². The fraction of sp³-hybridized carbons (Fsp3) is 0.474. The van der Waals surface area contributed by atoms with Crippen molar-refractivity contribution in [2.24, 2.45) is 0 Å². The van der Waals surface area contributed by atoms with Gasteiger partial charge in [0, 0.05) is 38.4 Å². The number of sulfonamides is 1. The van der Waals surface area contributed by atoms with E-state index < -0.39 is 15.4 Å². The van der Waals surface area contributed by atoms with E-state index in [9.17, 15) is 8.42 Å². The van der Waals surface area contributed by atoms with E-state index in [0.717, 1.165) is 17.0 Å². The number of hydrogen-bond donors (Lipinski definition) is 0. The minimum Gasteiger partial charge on any atom is -0.376 e. The zero-order chi connectivity index (χ0) is 19.2. The number of aryl methyl sites for hydroxylation is 1. The van der Waals surface area contributed by atoms with Crippen LogP contribution in [-0.2, 0) is 26.8 Å². The molecule has 0 N–H and O–H groups in total. The summed E-state index contributed by atoms with van der Waals surface area (Å²) in [6.07, 6.45) is 0.690. The van der Waals surface area contributed by atoms with Crippen molar-refractivity contribution >= 4 is 16.0 Å². The van der Waals surface area contributed by atoms with Crippen LogP contribution >= 0.6 is 0 Å². The summed E-state index contributed by atoms with van der Waals surface area (Å²) in [4.78, 5) is 11.6. The van der Waals surface area contributed by atoms with Crippen LogP contribution in [0.15, 0.2) is 35.2 Å². The van der Waals surface area contributed by atoms with Crippen molar-refractivity contribution < 1.29 is 13.2 Å². The van der Waals surface area contributed by atoms with E-state index in [1.54, 1.807) is 28.6 Å². The summed E-state index contributed by atoms with van der Waals surface area (Å²) in [6.45, 7) is 3.75. The molecular formula is C19H24N4O3S. The van der Waals surface area contributed by atoms with Gasteiger partial charge in [0.05, 0.1) is 29.2 Å². The van der Waals surface area contributed by atoms with Crippen molar-refractivity contribution in [2.75, 3.05) is 38.7 Å². The summed E-state index contributed by atoms with van der Waals surface area (Å²) in [5.41, 5.74) is 2.40. The van der Waals surface area contributed by atoms with E-state index in [1.165, 1.54) is 0 Å². The Hall–Kier alpha value is -2.03. The molecule has 0 saturated carbocycles. The minimum atomic E-state index is -3.53. The number of hydrogen-bond acceptors (Lipinski definition) is 6. The number of fused-ring (bicyclic) bond motifs is 2. The Bertz CT molecular complexity index is 962. The fourth-order valence-corrected chi connectivity index (χ4v) is 5.45. The van der Waals surface area contributed by atoms with Gasteiger partial charge in [0.1, 0.15) is 0 Å². The maximum Gasteiger partial charge on any atom is 0.243 e. The van der Waals surface area contributed by atoms with E-state index in [4.69, 9.17) is 9.72 Å². The van der Waals surface area contributed by atoms with Crippen molar-refractivity contribution in [3.05, 3.63) is 47.3 Å². The first kappa shape index (κ1) is 18.3. The Balaban J connectivity index is 1.73. The number of anilines is 1. The molecule has 0 radical (unpaired) electrons. The SMILES string of the molecule is Cc1nc(N(C)C)nc2c1COCC21CCN(S(=O)(=O)c2ccccc2)C1. The highest BCUT2D eigenvalue weighted by molar-refractivity contribution is 7.89. The number of nitrogens with zero attached hydrogens (tertiary/aromatic N) is 4. The summed E-state index contributed by atoms with van der Waals surface area (Å²) in [7, 11) is 0.292. The third kappa shape index (κ3) is 3.01. The lowest BCUT2D eigenvalue weighted by molar-refractivity contribution is 0.0526. The van der Waals surface area contributed by atoms with Crippen molar-refractivity contribution in [2.45, 2.75) is 30.3 Å².